The van der Waals surface area contributed by atoms with Crippen LogP contribution in [0.3, 0.4) is 0 Å². The minimum absolute atomic E-state index is 0.0343. The molecule has 3 aromatic rings. The van der Waals surface area contributed by atoms with Gasteiger partial charge in [0.1, 0.15) is 18.4 Å². The van der Waals surface area contributed by atoms with E-state index in [0.29, 0.717) is 12.3 Å². The van der Waals surface area contributed by atoms with Crippen LogP contribution in [0.25, 0.3) is 0 Å². The highest BCUT2D eigenvalue weighted by molar-refractivity contribution is 5.95. The van der Waals surface area contributed by atoms with Gasteiger partial charge in [-0.05, 0) is 33.7 Å². The normalized spacial score (nSPS) is 11.4. The molecule has 2 amide bonds. The maximum absolute atomic E-state index is 12.5. The number of amides is 2. The van der Waals surface area contributed by atoms with Crippen molar-refractivity contribution in [3.63, 3.8) is 0 Å². The highest BCUT2D eigenvalue weighted by atomic mass is 16.5. The molecule has 11 nitrogen and oxygen atoms in total. The molecular weight excluding hydrogens is 404 g/mol. The van der Waals surface area contributed by atoms with Gasteiger partial charge in [0.2, 0.25) is 5.95 Å². The highest BCUT2D eigenvalue weighted by Crippen LogP contribution is 2.13. The number of nitrogens with zero attached hydrogens (tertiary/aromatic N) is 4. The number of ether oxygens (including phenoxy) is 2. The zero-order valence-electron chi connectivity index (χ0n) is 16.8. The van der Waals surface area contributed by atoms with Gasteiger partial charge in [0.25, 0.3) is 5.91 Å². The Bertz CT molecular complexity index is 993. The molecule has 0 saturated carbocycles. The number of methoxy groups -OCH3 is 1. The minimum Gasteiger partial charge on any atom is -0.497 e. The van der Waals surface area contributed by atoms with E-state index in [4.69, 9.17) is 9.47 Å². The number of alkyl carbamates (subject to hydrolysis) is 1. The standard InChI is InChI=1S/C20H22N6O5/c1-30-16-9-7-14(8-10-16)11-26-19(23-24-25-26)22-18(28)17(12-27)21-20(29)31-13-15-5-3-2-4-6-15/h2-10,17,27H,11-13H2,1H3,(H,21,29)(H,22,23,25,28)/t17-/m0/s1. The van der Waals surface area contributed by atoms with Gasteiger partial charge in [-0.3, -0.25) is 10.1 Å². The number of aliphatic hydroxyl groups is 1. The van der Waals surface area contributed by atoms with Crippen LogP contribution in [-0.4, -0.2) is 57.1 Å². The monoisotopic (exact) mass is 426 g/mol. The van der Waals surface area contributed by atoms with Crippen LogP contribution in [0.15, 0.2) is 54.6 Å². The number of anilines is 1. The average molecular weight is 426 g/mol. The van der Waals surface area contributed by atoms with Gasteiger partial charge in [-0.15, -0.1) is 0 Å². The summed E-state index contributed by atoms with van der Waals surface area (Å²) in [7, 11) is 1.58. The van der Waals surface area contributed by atoms with Crippen molar-refractivity contribution in [2.75, 3.05) is 19.0 Å². The lowest BCUT2D eigenvalue weighted by Gasteiger charge is -2.16. The van der Waals surface area contributed by atoms with Crippen LogP contribution in [-0.2, 0) is 22.7 Å². The zero-order valence-corrected chi connectivity index (χ0v) is 16.8. The average Bonchev–Trinajstić information content (AvgIpc) is 3.23. The first-order valence-corrected chi connectivity index (χ1v) is 9.37. The largest absolute Gasteiger partial charge is 0.497 e. The molecule has 0 spiro atoms. The Morgan fingerprint density at radius 1 is 1.10 bits per heavy atom. The summed E-state index contributed by atoms with van der Waals surface area (Å²) >= 11 is 0. The molecule has 0 saturated heterocycles. The molecule has 2 aromatic carbocycles. The first kappa shape index (κ1) is 21.7. The number of carbonyl (C=O) groups excluding carboxylic acids is 2. The van der Waals surface area contributed by atoms with Crippen molar-refractivity contribution in [3.8, 4) is 5.75 Å². The number of rotatable bonds is 9. The molecule has 0 fully saturated rings. The van der Waals surface area contributed by atoms with E-state index in [1.165, 1.54) is 4.68 Å². The summed E-state index contributed by atoms with van der Waals surface area (Å²) in [5, 5.41) is 25.5. The third-order valence-electron chi connectivity index (χ3n) is 4.26. The quantitative estimate of drug-likeness (QED) is 0.459. The fourth-order valence-electron chi connectivity index (χ4n) is 2.60. The molecule has 1 heterocycles. The third kappa shape index (κ3) is 6.24. The highest BCUT2D eigenvalue weighted by Gasteiger charge is 2.23. The van der Waals surface area contributed by atoms with E-state index in [1.807, 2.05) is 30.3 Å². The Balaban J connectivity index is 1.55. The van der Waals surface area contributed by atoms with E-state index in [-0.39, 0.29) is 12.6 Å². The molecule has 0 aliphatic heterocycles. The Morgan fingerprint density at radius 3 is 2.52 bits per heavy atom. The first-order valence-electron chi connectivity index (χ1n) is 9.37. The summed E-state index contributed by atoms with van der Waals surface area (Å²) in [6.45, 7) is -0.304. The molecule has 3 rings (SSSR count). The lowest BCUT2D eigenvalue weighted by Crippen LogP contribution is -2.46. The Hall–Kier alpha value is -3.99. The predicted molar refractivity (Wildman–Crippen MR) is 109 cm³/mol. The number of benzene rings is 2. The van der Waals surface area contributed by atoms with Gasteiger partial charge >= 0.3 is 6.09 Å². The molecule has 0 bridgehead atoms. The van der Waals surface area contributed by atoms with Gasteiger partial charge in [0, 0.05) is 0 Å². The molecule has 1 atom stereocenters. The number of nitrogens with one attached hydrogen (secondary N) is 2. The zero-order chi connectivity index (χ0) is 22.1. The minimum atomic E-state index is -1.24. The second kappa shape index (κ2) is 10.7. The lowest BCUT2D eigenvalue weighted by molar-refractivity contribution is -0.119. The van der Waals surface area contributed by atoms with Gasteiger partial charge in [-0.1, -0.05) is 47.6 Å². The number of hydrogen-bond donors (Lipinski definition) is 3. The second-order valence-corrected chi connectivity index (χ2v) is 6.44. The summed E-state index contributed by atoms with van der Waals surface area (Å²) in [4.78, 5) is 24.4. The van der Waals surface area contributed by atoms with E-state index in [9.17, 15) is 14.7 Å². The lowest BCUT2D eigenvalue weighted by atomic mass is 10.2. The first-order chi connectivity index (χ1) is 15.1. The SMILES string of the molecule is COc1ccc(Cn2nnnc2NC(=O)[C@H](CO)NC(=O)OCc2ccccc2)cc1. The van der Waals surface area contributed by atoms with Gasteiger partial charge in [0.05, 0.1) is 20.3 Å². The number of aliphatic hydroxyl groups excluding tert-OH is 1. The van der Waals surface area contributed by atoms with E-state index < -0.39 is 24.6 Å². The molecule has 1 aromatic heterocycles. The van der Waals surface area contributed by atoms with Crippen molar-refractivity contribution in [2.24, 2.45) is 0 Å². The molecule has 0 aliphatic rings. The van der Waals surface area contributed by atoms with Crippen LogP contribution in [0.2, 0.25) is 0 Å². The molecular formula is C20H22N6O5. The number of hydrogen-bond acceptors (Lipinski definition) is 8. The van der Waals surface area contributed by atoms with E-state index >= 15 is 0 Å². The van der Waals surface area contributed by atoms with Crippen LogP contribution in [0.5, 0.6) is 5.75 Å². The van der Waals surface area contributed by atoms with Crippen LogP contribution >= 0.6 is 0 Å². The van der Waals surface area contributed by atoms with E-state index in [0.717, 1.165) is 11.1 Å². The Kier molecular flexibility index (Phi) is 7.49. The van der Waals surface area contributed by atoms with Crippen LogP contribution < -0.4 is 15.4 Å². The van der Waals surface area contributed by atoms with Gasteiger partial charge in [0.15, 0.2) is 0 Å². The van der Waals surface area contributed by atoms with Crippen LogP contribution in [0, 0.1) is 0 Å². The Morgan fingerprint density at radius 2 is 1.84 bits per heavy atom. The molecule has 11 heteroatoms. The molecule has 0 unspecified atom stereocenters. The Labute approximate surface area is 178 Å². The second-order valence-electron chi connectivity index (χ2n) is 6.44. The smallest absolute Gasteiger partial charge is 0.408 e. The summed E-state index contributed by atoms with van der Waals surface area (Å²) in [6.07, 6.45) is -0.837. The van der Waals surface area contributed by atoms with Crippen molar-refractivity contribution < 1.29 is 24.2 Å². The maximum atomic E-state index is 12.5. The van der Waals surface area contributed by atoms with Crippen molar-refractivity contribution >= 4 is 17.9 Å². The summed E-state index contributed by atoms with van der Waals surface area (Å²) in [6, 6.07) is 15.1. The molecule has 3 N–H and O–H groups in total. The fourth-order valence-corrected chi connectivity index (χ4v) is 2.60. The molecule has 0 radical (unpaired) electrons. The number of aromatic nitrogens is 4. The van der Waals surface area contributed by atoms with Crippen molar-refractivity contribution in [1.82, 2.24) is 25.5 Å². The third-order valence-corrected chi connectivity index (χ3v) is 4.26. The van der Waals surface area contributed by atoms with Crippen molar-refractivity contribution in [3.05, 3.63) is 65.7 Å². The predicted octanol–water partition coefficient (Wildman–Crippen LogP) is 0.956. The fraction of sp³-hybridized carbons (Fsp3) is 0.250. The number of carbonyl (C=O) groups is 2. The maximum Gasteiger partial charge on any atom is 0.408 e. The topological polar surface area (TPSA) is 140 Å². The van der Waals surface area contributed by atoms with Gasteiger partial charge < -0.3 is 19.9 Å². The van der Waals surface area contributed by atoms with Gasteiger partial charge in [-0.2, -0.15) is 0 Å². The van der Waals surface area contributed by atoms with Crippen LogP contribution in [0.4, 0.5) is 10.7 Å². The molecule has 0 aliphatic carbocycles. The van der Waals surface area contributed by atoms with Crippen molar-refractivity contribution in [1.29, 1.82) is 0 Å². The molecule has 162 valence electrons. The van der Waals surface area contributed by atoms with E-state index in [1.54, 1.807) is 31.4 Å². The van der Waals surface area contributed by atoms with Gasteiger partial charge in [-0.25, -0.2) is 9.48 Å². The summed E-state index contributed by atoms with van der Waals surface area (Å²) in [5.74, 6) is 0.0914. The van der Waals surface area contributed by atoms with E-state index in [2.05, 4.69) is 26.2 Å². The summed E-state index contributed by atoms with van der Waals surface area (Å²) < 4.78 is 11.6. The summed E-state index contributed by atoms with van der Waals surface area (Å²) in [5.41, 5.74) is 1.67. The van der Waals surface area contributed by atoms with Crippen molar-refractivity contribution in [2.45, 2.75) is 19.2 Å². The molecule has 31 heavy (non-hydrogen) atoms. The van der Waals surface area contributed by atoms with Crippen LogP contribution in [0.1, 0.15) is 11.1 Å². The number of tetrazole rings is 1.